The van der Waals surface area contributed by atoms with Crippen LogP contribution in [0.4, 0.5) is 0 Å². The Kier molecular flexibility index (Phi) is 5.66. The van der Waals surface area contributed by atoms with Crippen LogP contribution in [0.15, 0.2) is 29.4 Å². The summed E-state index contributed by atoms with van der Waals surface area (Å²) in [6, 6.07) is 6.15. The third-order valence-corrected chi connectivity index (χ3v) is 8.77. The van der Waals surface area contributed by atoms with Gasteiger partial charge in [-0.25, -0.2) is 4.98 Å². The standard InChI is InChI=1S/C22H34BNO2S/c1-5-6-7-8-11-19(27-20-12-9-10-13-24-20)23-25-18-15-16-14-17(21(16,2)3)22(18,4)26-23/h9-10,12-13,16-19H,5-8,11,14-15H2,1-4H3/t16-,17+,18+,19?,22-/m0/s1. The topological polar surface area (TPSA) is 31.4 Å². The van der Waals surface area contributed by atoms with Gasteiger partial charge in [0.1, 0.15) is 0 Å². The first kappa shape index (κ1) is 19.8. The summed E-state index contributed by atoms with van der Waals surface area (Å²) in [6.07, 6.45) is 10.9. The molecule has 0 amide bonds. The molecular formula is C22H34BNO2S. The van der Waals surface area contributed by atoms with Crippen molar-refractivity contribution in [2.45, 2.75) is 94.5 Å². The third-order valence-electron chi connectivity index (χ3n) is 7.52. The lowest BCUT2D eigenvalue weighted by atomic mass is 9.43. The molecule has 5 rings (SSSR count). The Morgan fingerprint density at radius 1 is 1.22 bits per heavy atom. The summed E-state index contributed by atoms with van der Waals surface area (Å²) >= 11 is 1.84. The number of thioether (sulfide) groups is 1. The Morgan fingerprint density at radius 2 is 2.07 bits per heavy atom. The predicted octanol–water partition coefficient (Wildman–Crippen LogP) is 5.78. The van der Waals surface area contributed by atoms with Gasteiger partial charge in [-0.05, 0) is 55.6 Å². The highest BCUT2D eigenvalue weighted by molar-refractivity contribution is 8.01. The molecule has 1 aliphatic heterocycles. The molecule has 4 fully saturated rings. The van der Waals surface area contributed by atoms with Crippen LogP contribution in [0.3, 0.4) is 0 Å². The molecule has 2 bridgehead atoms. The van der Waals surface area contributed by atoms with Crippen molar-refractivity contribution in [1.29, 1.82) is 0 Å². The van der Waals surface area contributed by atoms with Gasteiger partial charge in [-0.2, -0.15) is 0 Å². The van der Waals surface area contributed by atoms with Crippen molar-refractivity contribution in [3.8, 4) is 0 Å². The molecule has 5 atom stereocenters. The van der Waals surface area contributed by atoms with E-state index < -0.39 is 0 Å². The molecule has 2 heterocycles. The molecule has 1 aromatic rings. The van der Waals surface area contributed by atoms with Crippen LogP contribution in [0.1, 0.15) is 72.6 Å². The average molecular weight is 387 g/mol. The smallest absolute Gasteiger partial charge is 0.405 e. The van der Waals surface area contributed by atoms with Gasteiger partial charge in [0.2, 0.25) is 0 Å². The maximum absolute atomic E-state index is 6.76. The van der Waals surface area contributed by atoms with Crippen molar-refractivity contribution in [3.05, 3.63) is 24.4 Å². The van der Waals surface area contributed by atoms with E-state index in [4.69, 9.17) is 9.31 Å². The van der Waals surface area contributed by atoms with Gasteiger partial charge in [0.05, 0.1) is 16.7 Å². The zero-order chi connectivity index (χ0) is 19.1. The second-order valence-corrected chi connectivity index (χ2v) is 10.8. The van der Waals surface area contributed by atoms with Gasteiger partial charge in [-0.15, -0.1) is 11.8 Å². The summed E-state index contributed by atoms with van der Waals surface area (Å²) in [5.41, 5.74) is 0.281. The Bertz CT molecular complexity index is 642. The fraction of sp³-hybridized carbons (Fsp3) is 0.773. The fourth-order valence-electron chi connectivity index (χ4n) is 5.65. The van der Waals surface area contributed by atoms with Crippen molar-refractivity contribution >= 4 is 18.9 Å². The fourth-order valence-corrected chi connectivity index (χ4v) is 6.76. The van der Waals surface area contributed by atoms with E-state index in [-0.39, 0.29) is 18.8 Å². The first-order valence-electron chi connectivity index (χ1n) is 10.9. The molecule has 3 aliphatic carbocycles. The van der Waals surface area contributed by atoms with E-state index in [1.807, 2.05) is 24.0 Å². The SMILES string of the molecule is CCCCCCC(Sc1ccccn1)B1O[C@@H]2C[C@@H]3C[C@H](C3(C)C)[C@]2(C)O1. The molecular weight excluding hydrogens is 353 g/mol. The average Bonchev–Trinajstić information content (AvgIpc) is 3.02. The number of rotatable bonds is 8. The van der Waals surface area contributed by atoms with E-state index in [1.54, 1.807) is 0 Å². The summed E-state index contributed by atoms with van der Waals surface area (Å²) in [7, 11) is -0.108. The van der Waals surface area contributed by atoms with Crippen molar-refractivity contribution < 1.29 is 9.31 Å². The lowest BCUT2D eigenvalue weighted by Crippen LogP contribution is -2.65. The zero-order valence-electron chi connectivity index (χ0n) is 17.3. The lowest BCUT2D eigenvalue weighted by Gasteiger charge is -2.64. The Hall–Kier alpha value is -0.515. The summed E-state index contributed by atoms with van der Waals surface area (Å²) in [5, 5.41) is 1.40. The summed E-state index contributed by atoms with van der Waals surface area (Å²) in [6.45, 7) is 9.44. The van der Waals surface area contributed by atoms with Gasteiger partial charge < -0.3 is 9.31 Å². The Labute approximate surface area is 169 Å². The molecule has 1 saturated heterocycles. The predicted molar refractivity (Wildman–Crippen MR) is 113 cm³/mol. The van der Waals surface area contributed by atoms with Gasteiger partial charge >= 0.3 is 7.12 Å². The number of unbranched alkanes of at least 4 members (excludes halogenated alkanes) is 3. The van der Waals surface area contributed by atoms with Crippen LogP contribution in [0.2, 0.25) is 0 Å². The van der Waals surface area contributed by atoms with Gasteiger partial charge in [0, 0.05) is 11.3 Å². The Morgan fingerprint density at radius 3 is 2.78 bits per heavy atom. The van der Waals surface area contributed by atoms with Crippen LogP contribution < -0.4 is 0 Å². The number of hydrogen-bond acceptors (Lipinski definition) is 4. The molecule has 1 unspecified atom stereocenters. The molecule has 0 N–H and O–H groups in total. The molecule has 3 saturated carbocycles. The summed E-state index contributed by atoms with van der Waals surface area (Å²) in [5.74, 6) is 1.42. The first-order chi connectivity index (χ1) is 12.9. The number of nitrogens with zero attached hydrogens (tertiary/aromatic N) is 1. The molecule has 0 spiro atoms. The van der Waals surface area contributed by atoms with Crippen LogP contribution >= 0.6 is 11.8 Å². The molecule has 5 heteroatoms. The molecule has 4 aliphatic rings. The third kappa shape index (κ3) is 3.60. The van der Waals surface area contributed by atoms with Gasteiger partial charge in [0.25, 0.3) is 0 Å². The largest absolute Gasteiger partial charge is 0.472 e. The molecule has 3 nitrogen and oxygen atoms in total. The molecule has 0 radical (unpaired) electrons. The van der Waals surface area contributed by atoms with E-state index in [1.165, 1.54) is 32.1 Å². The highest BCUT2D eigenvalue weighted by atomic mass is 32.2. The van der Waals surface area contributed by atoms with Crippen molar-refractivity contribution in [2.75, 3.05) is 0 Å². The zero-order valence-corrected chi connectivity index (χ0v) is 18.1. The van der Waals surface area contributed by atoms with Crippen LogP contribution in [0, 0.1) is 17.3 Å². The van der Waals surface area contributed by atoms with Crippen molar-refractivity contribution in [1.82, 2.24) is 4.98 Å². The van der Waals surface area contributed by atoms with Gasteiger partial charge in [-0.3, -0.25) is 0 Å². The molecule has 0 aromatic carbocycles. The normalized spacial score (nSPS) is 34.8. The maximum atomic E-state index is 6.76. The van der Waals surface area contributed by atoms with E-state index in [9.17, 15) is 0 Å². The minimum absolute atomic E-state index is 0.108. The van der Waals surface area contributed by atoms with Crippen LogP contribution in [-0.4, -0.2) is 29.0 Å². The van der Waals surface area contributed by atoms with Gasteiger partial charge in [-0.1, -0.05) is 52.5 Å². The van der Waals surface area contributed by atoms with E-state index in [2.05, 4.69) is 44.8 Å². The quantitative estimate of drug-likeness (QED) is 0.321. The minimum atomic E-state index is -0.116. The number of pyridine rings is 1. The molecule has 1 aromatic heterocycles. The molecule has 148 valence electrons. The van der Waals surface area contributed by atoms with E-state index in [0.717, 1.165) is 23.8 Å². The van der Waals surface area contributed by atoms with Gasteiger partial charge in [0.15, 0.2) is 0 Å². The number of aromatic nitrogens is 1. The van der Waals surface area contributed by atoms with Crippen LogP contribution in [-0.2, 0) is 9.31 Å². The first-order valence-corrected chi connectivity index (χ1v) is 11.7. The summed E-state index contributed by atoms with van der Waals surface area (Å²) < 4.78 is 13.3. The van der Waals surface area contributed by atoms with Crippen LogP contribution in [0.5, 0.6) is 0 Å². The second-order valence-electron chi connectivity index (χ2n) is 9.51. The maximum Gasteiger partial charge on any atom is 0.472 e. The second kappa shape index (κ2) is 7.72. The minimum Gasteiger partial charge on any atom is -0.405 e. The van der Waals surface area contributed by atoms with E-state index in [0.29, 0.717) is 16.5 Å². The summed E-state index contributed by atoms with van der Waals surface area (Å²) in [4.78, 5) is 4.54. The number of hydrogen-bond donors (Lipinski definition) is 0. The highest BCUT2D eigenvalue weighted by Crippen LogP contribution is 2.66. The lowest BCUT2D eigenvalue weighted by molar-refractivity contribution is -0.199. The Balaban J connectivity index is 1.47. The van der Waals surface area contributed by atoms with Crippen molar-refractivity contribution in [3.63, 3.8) is 0 Å². The van der Waals surface area contributed by atoms with E-state index >= 15 is 0 Å². The molecule has 27 heavy (non-hydrogen) atoms. The van der Waals surface area contributed by atoms with Crippen molar-refractivity contribution in [2.24, 2.45) is 17.3 Å². The van der Waals surface area contributed by atoms with Crippen LogP contribution in [0.25, 0.3) is 0 Å². The highest BCUT2D eigenvalue weighted by Gasteiger charge is 2.68. The monoisotopic (exact) mass is 387 g/mol.